The van der Waals surface area contributed by atoms with Gasteiger partial charge in [-0.15, -0.1) is 0 Å². The van der Waals surface area contributed by atoms with Crippen LogP contribution in [0.2, 0.25) is 0 Å². The van der Waals surface area contributed by atoms with Crippen molar-refractivity contribution < 1.29 is 4.42 Å². The summed E-state index contributed by atoms with van der Waals surface area (Å²) in [7, 11) is 0. The Labute approximate surface area is 110 Å². The highest BCUT2D eigenvalue weighted by molar-refractivity contribution is 5.80. The molecular formula is C16H15NO2. The zero-order chi connectivity index (χ0) is 13.4. The normalized spacial score (nSPS) is 11.3. The summed E-state index contributed by atoms with van der Waals surface area (Å²) in [4.78, 5) is 13.8. The Balaban J connectivity index is 2.05. The highest BCUT2D eigenvalue weighted by atomic mass is 16.4. The summed E-state index contributed by atoms with van der Waals surface area (Å²) >= 11 is 0. The van der Waals surface area contributed by atoms with E-state index >= 15 is 0 Å². The van der Waals surface area contributed by atoms with Crippen LogP contribution in [0.15, 0.2) is 51.7 Å². The molecule has 0 atom stereocenters. The first-order valence-corrected chi connectivity index (χ1v) is 6.37. The number of rotatable bonds is 2. The minimum absolute atomic E-state index is 0.415. The van der Waals surface area contributed by atoms with Gasteiger partial charge in [-0.25, -0.2) is 4.79 Å². The molecule has 2 aromatic carbocycles. The summed E-state index contributed by atoms with van der Waals surface area (Å²) in [5.41, 5.74) is 4.85. The number of hydrogen-bond donors (Lipinski definition) is 1. The van der Waals surface area contributed by atoms with Gasteiger partial charge < -0.3 is 4.42 Å². The van der Waals surface area contributed by atoms with Crippen molar-refractivity contribution >= 4 is 11.1 Å². The lowest BCUT2D eigenvalue weighted by atomic mass is 9.99. The number of aromatic nitrogens is 1. The lowest BCUT2D eigenvalue weighted by molar-refractivity contribution is 0.555. The van der Waals surface area contributed by atoms with Crippen LogP contribution in [0.1, 0.15) is 25.3 Å². The molecule has 0 aliphatic carbocycles. The van der Waals surface area contributed by atoms with E-state index in [9.17, 15) is 4.79 Å². The van der Waals surface area contributed by atoms with Crippen LogP contribution in [0.4, 0.5) is 0 Å². The van der Waals surface area contributed by atoms with Crippen molar-refractivity contribution in [3.05, 3.63) is 58.6 Å². The fourth-order valence-corrected chi connectivity index (χ4v) is 2.19. The number of oxazole rings is 1. The van der Waals surface area contributed by atoms with Crippen LogP contribution in [-0.4, -0.2) is 4.98 Å². The molecule has 3 aromatic rings. The summed E-state index contributed by atoms with van der Waals surface area (Å²) in [5.74, 6) is 0.115. The smallest absolute Gasteiger partial charge is 0.408 e. The van der Waals surface area contributed by atoms with Crippen LogP contribution >= 0.6 is 0 Å². The Bertz CT molecular complexity index is 763. The minimum atomic E-state index is -0.415. The van der Waals surface area contributed by atoms with Crippen molar-refractivity contribution in [1.29, 1.82) is 0 Å². The van der Waals surface area contributed by atoms with Crippen molar-refractivity contribution in [3.63, 3.8) is 0 Å². The van der Waals surface area contributed by atoms with Gasteiger partial charge in [0.2, 0.25) is 0 Å². The molecule has 19 heavy (non-hydrogen) atoms. The second-order valence-corrected chi connectivity index (χ2v) is 5.00. The van der Waals surface area contributed by atoms with Crippen molar-refractivity contribution in [1.82, 2.24) is 4.98 Å². The molecule has 1 heterocycles. The molecule has 0 fully saturated rings. The zero-order valence-corrected chi connectivity index (χ0v) is 10.9. The average molecular weight is 253 g/mol. The molecule has 1 N–H and O–H groups in total. The molecule has 0 spiro atoms. The summed E-state index contributed by atoms with van der Waals surface area (Å²) in [5, 5.41) is 0. The molecule has 0 bridgehead atoms. The van der Waals surface area contributed by atoms with E-state index in [-0.39, 0.29) is 0 Å². The number of H-pyrrole nitrogens is 1. The Morgan fingerprint density at radius 3 is 2.37 bits per heavy atom. The van der Waals surface area contributed by atoms with Gasteiger partial charge in [0.25, 0.3) is 0 Å². The van der Waals surface area contributed by atoms with Gasteiger partial charge in [0, 0.05) is 0 Å². The second kappa shape index (κ2) is 4.43. The van der Waals surface area contributed by atoms with Crippen molar-refractivity contribution in [2.45, 2.75) is 19.8 Å². The van der Waals surface area contributed by atoms with E-state index in [0.29, 0.717) is 11.5 Å². The van der Waals surface area contributed by atoms with Crippen LogP contribution in [0.5, 0.6) is 0 Å². The molecular weight excluding hydrogens is 238 g/mol. The molecule has 1 aromatic heterocycles. The highest BCUT2D eigenvalue weighted by Gasteiger charge is 2.04. The number of nitrogens with one attached hydrogen (secondary N) is 1. The van der Waals surface area contributed by atoms with E-state index in [0.717, 1.165) is 16.6 Å². The quantitative estimate of drug-likeness (QED) is 0.752. The van der Waals surface area contributed by atoms with Gasteiger partial charge in [0.15, 0.2) is 5.58 Å². The van der Waals surface area contributed by atoms with Gasteiger partial charge in [-0.05, 0) is 34.7 Å². The summed E-state index contributed by atoms with van der Waals surface area (Å²) < 4.78 is 5.00. The standard InChI is InChI=1S/C16H15NO2/c1-10(2)11-3-5-12(6-4-11)13-7-8-15-14(9-13)17-16(18)19-15/h3-10H,1-2H3,(H,17,18). The Morgan fingerprint density at radius 1 is 1.00 bits per heavy atom. The monoisotopic (exact) mass is 253 g/mol. The third kappa shape index (κ3) is 2.19. The van der Waals surface area contributed by atoms with E-state index < -0.39 is 5.76 Å². The molecule has 96 valence electrons. The largest absolute Gasteiger partial charge is 0.417 e. The van der Waals surface area contributed by atoms with Gasteiger partial charge in [-0.1, -0.05) is 44.2 Å². The van der Waals surface area contributed by atoms with Crippen LogP contribution in [-0.2, 0) is 0 Å². The molecule has 3 heteroatoms. The molecule has 0 unspecified atom stereocenters. The first-order valence-electron chi connectivity index (χ1n) is 6.37. The third-order valence-corrected chi connectivity index (χ3v) is 3.33. The number of fused-ring (bicyclic) bond motifs is 1. The topological polar surface area (TPSA) is 46.0 Å². The number of hydrogen-bond acceptors (Lipinski definition) is 2. The lowest BCUT2D eigenvalue weighted by Gasteiger charge is -2.07. The van der Waals surface area contributed by atoms with E-state index in [4.69, 9.17) is 4.42 Å². The first-order chi connectivity index (χ1) is 9.13. The van der Waals surface area contributed by atoms with Crippen molar-refractivity contribution in [2.75, 3.05) is 0 Å². The van der Waals surface area contributed by atoms with E-state index in [1.54, 1.807) is 0 Å². The first kappa shape index (κ1) is 11.8. The van der Waals surface area contributed by atoms with Crippen LogP contribution in [0, 0.1) is 0 Å². The van der Waals surface area contributed by atoms with E-state index in [1.165, 1.54) is 5.56 Å². The fraction of sp³-hybridized carbons (Fsp3) is 0.188. The van der Waals surface area contributed by atoms with Crippen LogP contribution < -0.4 is 5.76 Å². The Morgan fingerprint density at radius 2 is 1.68 bits per heavy atom. The van der Waals surface area contributed by atoms with Crippen LogP contribution in [0.3, 0.4) is 0 Å². The SMILES string of the molecule is CC(C)c1ccc(-c2ccc3oc(=O)[nH]c3c2)cc1. The highest BCUT2D eigenvalue weighted by Crippen LogP contribution is 2.25. The van der Waals surface area contributed by atoms with Gasteiger partial charge in [-0.2, -0.15) is 0 Å². The molecule has 3 rings (SSSR count). The minimum Gasteiger partial charge on any atom is -0.408 e. The fourth-order valence-electron chi connectivity index (χ4n) is 2.19. The third-order valence-electron chi connectivity index (χ3n) is 3.33. The maximum Gasteiger partial charge on any atom is 0.417 e. The van der Waals surface area contributed by atoms with E-state index in [2.05, 4.69) is 43.1 Å². The molecule has 0 aliphatic rings. The second-order valence-electron chi connectivity index (χ2n) is 5.00. The summed E-state index contributed by atoms with van der Waals surface area (Å²) in [6, 6.07) is 14.2. The van der Waals surface area contributed by atoms with Crippen molar-refractivity contribution in [2.24, 2.45) is 0 Å². The average Bonchev–Trinajstić information content (AvgIpc) is 2.77. The van der Waals surface area contributed by atoms with Gasteiger partial charge in [0.05, 0.1) is 5.52 Å². The van der Waals surface area contributed by atoms with Gasteiger partial charge in [-0.3, -0.25) is 4.98 Å². The Hall–Kier alpha value is -2.29. The summed E-state index contributed by atoms with van der Waals surface area (Å²) in [6.45, 7) is 4.36. The van der Waals surface area contributed by atoms with Crippen molar-refractivity contribution in [3.8, 4) is 11.1 Å². The molecule has 0 radical (unpaired) electrons. The molecule has 3 nitrogen and oxygen atoms in total. The molecule has 0 saturated carbocycles. The molecule has 0 aliphatic heterocycles. The van der Waals surface area contributed by atoms with E-state index in [1.807, 2.05) is 18.2 Å². The maximum absolute atomic E-state index is 11.1. The van der Waals surface area contributed by atoms with Gasteiger partial charge >= 0.3 is 5.76 Å². The van der Waals surface area contributed by atoms with Crippen LogP contribution in [0.25, 0.3) is 22.2 Å². The Kier molecular flexibility index (Phi) is 2.75. The summed E-state index contributed by atoms with van der Waals surface area (Å²) in [6.07, 6.45) is 0. The number of aromatic amines is 1. The van der Waals surface area contributed by atoms with Gasteiger partial charge in [0.1, 0.15) is 0 Å². The predicted molar refractivity (Wildman–Crippen MR) is 76.4 cm³/mol. The predicted octanol–water partition coefficient (Wildman–Crippen LogP) is 3.91. The molecule has 0 amide bonds. The lowest BCUT2D eigenvalue weighted by Crippen LogP contribution is -1.92. The zero-order valence-electron chi connectivity index (χ0n) is 10.9. The maximum atomic E-state index is 11.1. The number of benzene rings is 2. The molecule has 0 saturated heterocycles.